The van der Waals surface area contributed by atoms with Crippen LogP contribution in [0.1, 0.15) is 42.9 Å². The van der Waals surface area contributed by atoms with E-state index in [1.165, 1.54) is 0 Å². The van der Waals surface area contributed by atoms with Crippen LogP contribution >= 0.6 is 0 Å². The highest BCUT2D eigenvalue weighted by atomic mass is 19.1. The van der Waals surface area contributed by atoms with Crippen molar-refractivity contribution in [1.82, 2.24) is 10.2 Å². The summed E-state index contributed by atoms with van der Waals surface area (Å²) in [6.45, 7) is 5.37. The van der Waals surface area contributed by atoms with E-state index < -0.39 is 0 Å². The second-order valence-corrected chi connectivity index (χ2v) is 9.98. The average Bonchev–Trinajstić information content (AvgIpc) is 3.38. The van der Waals surface area contributed by atoms with E-state index in [-0.39, 0.29) is 18.0 Å². The molecule has 0 saturated carbocycles. The highest BCUT2D eigenvalue weighted by Crippen LogP contribution is 2.35. The van der Waals surface area contributed by atoms with Gasteiger partial charge in [0.1, 0.15) is 5.82 Å². The lowest BCUT2D eigenvalue weighted by atomic mass is 9.91. The summed E-state index contributed by atoms with van der Waals surface area (Å²) in [6, 6.07) is 21.1. The van der Waals surface area contributed by atoms with Crippen LogP contribution in [0.25, 0.3) is 22.3 Å². The zero-order valence-corrected chi connectivity index (χ0v) is 22.7. The molecule has 1 saturated heterocycles. The molecule has 0 radical (unpaired) electrons. The molecule has 4 rings (SSSR count). The fraction of sp³-hybridized carbons (Fsp3) is 0.375. The van der Waals surface area contributed by atoms with Crippen molar-refractivity contribution in [2.45, 2.75) is 45.2 Å². The maximum Gasteiger partial charge on any atom is 0.407 e. The molecule has 1 fully saturated rings. The number of unbranched alkanes of at least 4 members (excludes halogenated alkanes) is 1. The van der Waals surface area contributed by atoms with Crippen LogP contribution in [-0.4, -0.2) is 50.4 Å². The van der Waals surface area contributed by atoms with Gasteiger partial charge in [0.05, 0.1) is 24.8 Å². The number of benzene rings is 3. The normalized spacial score (nSPS) is 15.2. The van der Waals surface area contributed by atoms with Gasteiger partial charge in [0.2, 0.25) is 0 Å². The van der Waals surface area contributed by atoms with Crippen LogP contribution in [0.2, 0.25) is 0 Å². The molecule has 0 aromatic heterocycles. The van der Waals surface area contributed by atoms with Crippen molar-refractivity contribution in [2.75, 3.05) is 33.4 Å². The van der Waals surface area contributed by atoms with Gasteiger partial charge in [-0.15, -0.1) is 0 Å². The Morgan fingerprint density at radius 3 is 2.54 bits per heavy atom. The Balaban J connectivity index is 1.54. The average molecular weight is 530 g/mol. The molecule has 7 heteroatoms. The molecule has 1 aliphatic heterocycles. The van der Waals surface area contributed by atoms with Crippen molar-refractivity contribution in [3.05, 3.63) is 83.2 Å². The lowest BCUT2D eigenvalue weighted by Gasteiger charge is -2.19. The molecule has 1 heterocycles. The third kappa shape index (κ3) is 7.66. The van der Waals surface area contributed by atoms with Crippen molar-refractivity contribution in [3.8, 4) is 28.3 Å². The summed E-state index contributed by atoms with van der Waals surface area (Å²) in [6.07, 6.45) is 3.02. The maximum absolute atomic E-state index is 15.3. The van der Waals surface area contributed by atoms with Crippen molar-refractivity contribution in [3.63, 3.8) is 0 Å². The number of carbonyl (C=O) groups is 1. The Labute approximate surface area is 230 Å². The topological polar surface area (TPSA) is 74.6 Å². The minimum atomic E-state index is -0.349. The van der Waals surface area contributed by atoms with Crippen molar-refractivity contribution < 1.29 is 18.7 Å². The van der Waals surface area contributed by atoms with Crippen LogP contribution in [0.5, 0.6) is 0 Å². The van der Waals surface area contributed by atoms with Crippen molar-refractivity contribution in [2.24, 2.45) is 0 Å². The maximum atomic E-state index is 15.3. The molecular formula is C32H36FN3O3. The lowest BCUT2D eigenvalue weighted by molar-refractivity contribution is 0.140. The van der Waals surface area contributed by atoms with Crippen LogP contribution in [0.4, 0.5) is 9.18 Å². The molecule has 1 atom stereocenters. The summed E-state index contributed by atoms with van der Waals surface area (Å²) >= 11 is 0. The fourth-order valence-electron chi connectivity index (χ4n) is 4.91. The monoisotopic (exact) mass is 529 g/mol. The molecule has 204 valence electrons. The van der Waals surface area contributed by atoms with Gasteiger partial charge < -0.3 is 14.8 Å². The van der Waals surface area contributed by atoms with Gasteiger partial charge in [-0.3, -0.25) is 4.90 Å². The molecule has 0 bridgehead atoms. The fourth-order valence-corrected chi connectivity index (χ4v) is 4.91. The molecule has 1 N–H and O–H groups in total. The van der Waals surface area contributed by atoms with Crippen LogP contribution in [0.15, 0.2) is 60.7 Å². The first-order valence-corrected chi connectivity index (χ1v) is 13.6. The van der Waals surface area contributed by atoms with E-state index in [0.717, 1.165) is 60.2 Å². The third-order valence-corrected chi connectivity index (χ3v) is 7.06. The summed E-state index contributed by atoms with van der Waals surface area (Å²) in [7, 11) is 1.64. The zero-order chi connectivity index (χ0) is 27.6. The second kappa shape index (κ2) is 13.9. The van der Waals surface area contributed by atoms with Gasteiger partial charge in [0, 0.05) is 38.3 Å². The SMILES string of the molecule is CCCCOC(=O)N[C@H]1CCN(Cc2ccc(-c3ccc(CCOC)cc3F)c(-c3ccc(C#N)cc3)c2)C1. The van der Waals surface area contributed by atoms with E-state index in [2.05, 4.69) is 29.3 Å². The molecule has 0 unspecified atom stereocenters. The minimum Gasteiger partial charge on any atom is -0.450 e. The van der Waals surface area contributed by atoms with E-state index in [4.69, 9.17) is 9.47 Å². The van der Waals surface area contributed by atoms with Gasteiger partial charge in [0.25, 0.3) is 0 Å². The Kier molecular flexibility index (Phi) is 10.1. The number of likely N-dealkylation sites (tertiary alicyclic amines) is 1. The second-order valence-electron chi connectivity index (χ2n) is 9.98. The van der Waals surface area contributed by atoms with Gasteiger partial charge >= 0.3 is 6.09 Å². The first kappa shape index (κ1) is 28.3. The van der Waals surface area contributed by atoms with Crippen molar-refractivity contribution >= 4 is 6.09 Å². The highest BCUT2D eigenvalue weighted by Gasteiger charge is 2.25. The van der Waals surface area contributed by atoms with E-state index >= 15 is 4.39 Å². The van der Waals surface area contributed by atoms with Gasteiger partial charge in [-0.25, -0.2) is 9.18 Å². The zero-order valence-electron chi connectivity index (χ0n) is 22.7. The minimum absolute atomic E-state index is 0.0575. The van der Waals surface area contributed by atoms with Crippen LogP contribution in [0, 0.1) is 17.1 Å². The summed E-state index contributed by atoms with van der Waals surface area (Å²) in [5.74, 6) is -0.273. The highest BCUT2D eigenvalue weighted by molar-refractivity contribution is 5.84. The van der Waals surface area contributed by atoms with Gasteiger partial charge in [-0.1, -0.05) is 49.7 Å². The van der Waals surface area contributed by atoms with Gasteiger partial charge in [0.15, 0.2) is 0 Å². The molecule has 39 heavy (non-hydrogen) atoms. The molecule has 3 aromatic carbocycles. The number of methoxy groups -OCH3 is 1. The van der Waals surface area contributed by atoms with Gasteiger partial charge in [-0.05, 0) is 71.3 Å². The summed E-state index contributed by atoms with van der Waals surface area (Å²) < 4.78 is 25.7. The molecule has 1 aliphatic rings. The van der Waals surface area contributed by atoms with Crippen LogP contribution in [-0.2, 0) is 22.4 Å². The number of rotatable bonds is 11. The number of amides is 1. The molecule has 6 nitrogen and oxygen atoms in total. The largest absolute Gasteiger partial charge is 0.450 e. The Morgan fingerprint density at radius 1 is 1.05 bits per heavy atom. The Morgan fingerprint density at radius 2 is 1.82 bits per heavy atom. The van der Waals surface area contributed by atoms with E-state index in [1.54, 1.807) is 25.3 Å². The first-order chi connectivity index (χ1) is 19.0. The van der Waals surface area contributed by atoms with Crippen LogP contribution in [0.3, 0.4) is 0 Å². The molecular weight excluding hydrogens is 493 g/mol. The number of alkyl carbamates (subject to hydrolysis) is 1. The summed E-state index contributed by atoms with van der Waals surface area (Å²) in [5.41, 5.74) is 5.74. The van der Waals surface area contributed by atoms with E-state index in [1.807, 2.05) is 36.4 Å². The van der Waals surface area contributed by atoms with Crippen LogP contribution < -0.4 is 5.32 Å². The number of nitrogens with zero attached hydrogens (tertiary/aromatic N) is 2. The number of hydrogen-bond donors (Lipinski definition) is 1. The summed E-state index contributed by atoms with van der Waals surface area (Å²) in [4.78, 5) is 14.4. The summed E-state index contributed by atoms with van der Waals surface area (Å²) in [5, 5.41) is 12.2. The Bertz CT molecular complexity index is 1300. The number of nitriles is 1. The smallest absolute Gasteiger partial charge is 0.407 e. The van der Waals surface area contributed by atoms with E-state index in [9.17, 15) is 10.1 Å². The number of nitrogens with one attached hydrogen (secondary N) is 1. The predicted octanol–water partition coefficient (Wildman–Crippen LogP) is 6.32. The quantitative estimate of drug-likeness (QED) is 0.294. The molecule has 0 aliphatic carbocycles. The lowest BCUT2D eigenvalue weighted by Crippen LogP contribution is -2.37. The molecule has 0 spiro atoms. The van der Waals surface area contributed by atoms with E-state index in [0.29, 0.717) is 37.3 Å². The standard InChI is InChI=1S/C32H36FN3O3/c1-3-4-16-39-32(37)35-27-13-15-36(22-27)21-25-8-11-28(29-12-7-23(14-17-38-2)19-31(29)33)30(18-25)26-9-5-24(20-34)6-10-26/h5-12,18-19,27H,3-4,13-17,21-22H2,1-2H3,(H,35,37)/t27-/m0/s1. The van der Waals surface area contributed by atoms with Gasteiger partial charge in [-0.2, -0.15) is 5.26 Å². The third-order valence-electron chi connectivity index (χ3n) is 7.06. The number of hydrogen-bond acceptors (Lipinski definition) is 5. The first-order valence-electron chi connectivity index (χ1n) is 13.6. The molecule has 1 amide bonds. The molecule has 3 aromatic rings. The van der Waals surface area contributed by atoms with Crippen molar-refractivity contribution in [1.29, 1.82) is 5.26 Å². The number of halogens is 1. The Hall–Kier alpha value is -3.73. The number of ether oxygens (including phenoxy) is 2. The predicted molar refractivity (Wildman–Crippen MR) is 151 cm³/mol. The number of carbonyl (C=O) groups excluding carboxylic acids is 1.